The van der Waals surface area contributed by atoms with E-state index in [0.717, 1.165) is 3.57 Å². The number of methoxy groups -OCH3 is 2. The second-order valence-electron chi connectivity index (χ2n) is 2.63. The van der Waals surface area contributed by atoms with E-state index in [2.05, 4.69) is 32.4 Å². The highest BCUT2D eigenvalue weighted by atomic mass is 127. The minimum atomic E-state index is -0.506. The van der Waals surface area contributed by atoms with Gasteiger partial charge in [0.2, 0.25) is 0 Å². The fourth-order valence-corrected chi connectivity index (χ4v) is 1.44. The molecular weight excluding hydrogens is 299 g/mol. The van der Waals surface area contributed by atoms with Crippen LogP contribution >= 0.6 is 22.6 Å². The molecule has 0 amide bonds. The Kier molecular flexibility index (Phi) is 4.33. The van der Waals surface area contributed by atoms with Crippen molar-refractivity contribution in [2.75, 3.05) is 20.8 Å². The van der Waals surface area contributed by atoms with Gasteiger partial charge >= 0.3 is 5.97 Å². The molecule has 0 radical (unpaired) electrons. The summed E-state index contributed by atoms with van der Waals surface area (Å²) in [7, 11) is 2.88. The molecule has 1 atom stereocenters. The van der Waals surface area contributed by atoms with Gasteiger partial charge in [-0.05, 0) is 22.6 Å². The van der Waals surface area contributed by atoms with Crippen LogP contribution in [0.25, 0.3) is 0 Å². The van der Waals surface area contributed by atoms with E-state index in [1.54, 1.807) is 12.4 Å². The van der Waals surface area contributed by atoms with Crippen molar-refractivity contribution in [3.05, 3.63) is 16.0 Å². The van der Waals surface area contributed by atoms with Crippen LogP contribution in [0.1, 0.15) is 6.04 Å². The Labute approximate surface area is 95.5 Å². The molecule has 6 heteroatoms. The lowest BCUT2D eigenvalue weighted by Gasteiger charge is -2.13. The van der Waals surface area contributed by atoms with Crippen LogP contribution in [0, 0.1) is 3.57 Å². The molecule has 0 aliphatic rings. The Morgan fingerprint density at radius 1 is 1.71 bits per heavy atom. The first-order valence-corrected chi connectivity index (χ1v) is 5.03. The van der Waals surface area contributed by atoms with E-state index < -0.39 is 6.04 Å². The van der Waals surface area contributed by atoms with Crippen molar-refractivity contribution in [3.8, 4) is 0 Å². The van der Waals surface area contributed by atoms with E-state index >= 15 is 0 Å². The third-order valence-electron chi connectivity index (χ3n) is 1.69. The number of esters is 1. The van der Waals surface area contributed by atoms with Gasteiger partial charge in [0.25, 0.3) is 0 Å². The quantitative estimate of drug-likeness (QED) is 0.611. The Hall–Kier alpha value is -0.630. The van der Waals surface area contributed by atoms with Crippen LogP contribution in [0.3, 0.4) is 0 Å². The molecule has 5 nitrogen and oxygen atoms in total. The van der Waals surface area contributed by atoms with Crippen LogP contribution in [0.2, 0.25) is 0 Å². The smallest absolute Gasteiger partial charge is 0.333 e. The minimum Gasteiger partial charge on any atom is -0.467 e. The molecule has 14 heavy (non-hydrogen) atoms. The zero-order valence-electron chi connectivity index (χ0n) is 7.94. The maximum Gasteiger partial charge on any atom is 0.333 e. The summed E-state index contributed by atoms with van der Waals surface area (Å²) >= 11 is 2.12. The highest BCUT2D eigenvalue weighted by molar-refractivity contribution is 14.1. The molecule has 1 heterocycles. The molecule has 0 fully saturated rings. The van der Waals surface area contributed by atoms with Crippen LogP contribution < -0.4 is 0 Å². The molecule has 78 valence electrons. The maximum absolute atomic E-state index is 11.3. The molecule has 0 aromatic carbocycles. The average molecular weight is 310 g/mol. The molecule has 0 spiro atoms. The summed E-state index contributed by atoms with van der Waals surface area (Å²) in [6.45, 7) is 0.254. The average Bonchev–Trinajstić information content (AvgIpc) is 2.60. The third-order valence-corrected chi connectivity index (χ3v) is 2.24. The van der Waals surface area contributed by atoms with E-state index in [9.17, 15) is 4.79 Å². The van der Waals surface area contributed by atoms with Crippen LogP contribution in [0.5, 0.6) is 0 Å². The number of halogens is 1. The summed E-state index contributed by atoms with van der Waals surface area (Å²) in [5.74, 6) is -0.355. The Morgan fingerprint density at radius 3 is 2.86 bits per heavy atom. The van der Waals surface area contributed by atoms with Gasteiger partial charge in [-0.1, -0.05) is 0 Å². The first-order valence-electron chi connectivity index (χ1n) is 3.95. The number of aromatic nitrogens is 2. The fraction of sp³-hybridized carbons (Fsp3) is 0.500. The van der Waals surface area contributed by atoms with Crippen molar-refractivity contribution in [1.29, 1.82) is 0 Å². The second-order valence-corrected chi connectivity index (χ2v) is 3.88. The summed E-state index contributed by atoms with van der Waals surface area (Å²) in [6.07, 6.45) is 3.44. The molecule has 1 rings (SSSR count). The van der Waals surface area contributed by atoms with Crippen LogP contribution in [0.15, 0.2) is 12.4 Å². The van der Waals surface area contributed by atoms with Gasteiger partial charge in [-0.2, -0.15) is 5.10 Å². The van der Waals surface area contributed by atoms with E-state index in [0.29, 0.717) is 0 Å². The zero-order chi connectivity index (χ0) is 10.6. The van der Waals surface area contributed by atoms with E-state index in [1.807, 2.05) is 0 Å². The van der Waals surface area contributed by atoms with Gasteiger partial charge in [-0.25, -0.2) is 4.79 Å². The van der Waals surface area contributed by atoms with Crippen LogP contribution in [-0.2, 0) is 14.3 Å². The second kappa shape index (κ2) is 5.30. The lowest BCUT2D eigenvalue weighted by atomic mass is 10.3. The monoisotopic (exact) mass is 310 g/mol. The van der Waals surface area contributed by atoms with E-state index in [4.69, 9.17) is 4.74 Å². The first kappa shape index (κ1) is 11.4. The molecule has 1 aromatic heterocycles. The topological polar surface area (TPSA) is 53.4 Å². The molecule has 1 aromatic rings. The molecule has 0 bridgehead atoms. The largest absolute Gasteiger partial charge is 0.467 e. The number of ether oxygens (including phenoxy) is 2. The number of rotatable bonds is 4. The number of nitrogens with zero attached hydrogens (tertiary/aromatic N) is 2. The van der Waals surface area contributed by atoms with Crippen molar-refractivity contribution >= 4 is 28.6 Å². The molecule has 0 aliphatic carbocycles. The number of hydrogen-bond donors (Lipinski definition) is 0. The van der Waals surface area contributed by atoms with Crippen molar-refractivity contribution in [1.82, 2.24) is 9.78 Å². The van der Waals surface area contributed by atoms with Gasteiger partial charge in [-0.15, -0.1) is 0 Å². The molecule has 0 N–H and O–H groups in total. The minimum absolute atomic E-state index is 0.254. The van der Waals surface area contributed by atoms with Crippen molar-refractivity contribution in [2.24, 2.45) is 0 Å². The Balaban J connectivity index is 2.82. The highest BCUT2D eigenvalue weighted by Crippen LogP contribution is 2.10. The van der Waals surface area contributed by atoms with Crippen molar-refractivity contribution in [2.45, 2.75) is 6.04 Å². The number of carbonyl (C=O) groups is 1. The normalized spacial score (nSPS) is 12.5. The van der Waals surface area contributed by atoms with E-state index in [-0.39, 0.29) is 12.6 Å². The van der Waals surface area contributed by atoms with Gasteiger partial charge in [-0.3, -0.25) is 4.68 Å². The zero-order valence-corrected chi connectivity index (χ0v) is 10.1. The first-order chi connectivity index (χ1) is 6.69. The predicted molar refractivity (Wildman–Crippen MR) is 57.9 cm³/mol. The number of carbonyl (C=O) groups excluding carboxylic acids is 1. The lowest BCUT2D eigenvalue weighted by Crippen LogP contribution is -2.25. The Bertz CT molecular complexity index is 313. The molecule has 1 unspecified atom stereocenters. The third kappa shape index (κ3) is 2.68. The van der Waals surface area contributed by atoms with Gasteiger partial charge in [0.15, 0.2) is 6.04 Å². The molecular formula is C8H11IN2O3. The van der Waals surface area contributed by atoms with Gasteiger partial charge in [0.05, 0.1) is 23.5 Å². The molecule has 0 saturated carbocycles. The number of hydrogen-bond acceptors (Lipinski definition) is 4. The summed E-state index contributed by atoms with van der Waals surface area (Å²) in [5.41, 5.74) is 0. The maximum atomic E-state index is 11.3. The summed E-state index contributed by atoms with van der Waals surface area (Å²) in [6, 6.07) is -0.506. The Morgan fingerprint density at radius 2 is 2.43 bits per heavy atom. The van der Waals surface area contributed by atoms with Crippen molar-refractivity contribution < 1.29 is 14.3 Å². The predicted octanol–water partition coefficient (Wildman–Crippen LogP) is 0.848. The molecule has 0 saturated heterocycles. The summed E-state index contributed by atoms with van der Waals surface area (Å²) in [5, 5.41) is 4.03. The standard InChI is InChI=1S/C8H11IN2O3/c1-13-5-7(8(12)14-2)11-4-6(9)3-10-11/h3-4,7H,5H2,1-2H3. The van der Waals surface area contributed by atoms with Crippen LogP contribution in [0.4, 0.5) is 0 Å². The summed E-state index contributed by atoms with van der Waals surface area (Å²) in [4.78, 5) is 11.3. The van der Waals surface area contributed by atoms with Crippen LogP contribution in [-0.4, -0.2) is 36.6 Å². The summed E-state index contributed by atoms with van der Waals surface area (Å²) < 4.78 is 12.1. The van der Waals surface area contributed by atoms with Gasteiger partial charge < -0.3 is 9.47 Å². The highest BCUT2D eigenvalue weighted by Gasteiger charge is 2.21. The lowest BCUT2D eigenvalue weighted by molar-refractivity contribution is -0.146. The van der Waals surface area contributed by atoms with E-state index in [1.165, 1.54) is 18.9 Å². The SMILES string of the molecule is COCC(C(=O)OC)n1cc(I)cn1. The van der Waals surface area contributed by atoms with Gasteiger partial charge in [0, 0.05) is 13.3 Å². The van der Waals surface area contributed by atoms with Crippen molar-refractivity contribution in [3.63, 3.8) is 0 Å². The fourth-order valence-electron chi connectivity index (χ4n) is 1.03. The van der Waals surface area contributed by atoms with Gasteiger partial charge in [0.1, 0.15) is 0 Å². The molecule has 0 aliphatic heterocycles.